The number of H-pyrrole nitrogens is 1. The van der Waals surface area contributed by atoms with Gasteiger partial charge in [0.15, 0.2) is 5.82 Å². The van der Waals surface area contributed by atoms with Crippen molar-refractivity contribution in [1.29, 1.82) is 0 Å². The molecule has 0 atom stereocenters. The maximum Gasteiger partial charge on any atom is 0.159 e. The number of nitrogens with zero attached hydrogens (tertiary/aromatic N) is 3. The van der Waals surface area contributed by atoms with Crippen molar-refractivity contribution < 1.29 is 0 Å². The summed E-state index contributed by atoms with van der Waals surface area (Å²) in [6.45, 7) is 0. The third kappa shape index (κ3) is 1.67. The lowest BCUT2D eigenvalue weighted by Crippen LogP contribution is -1.90. The molecule has 4 aromatic rings. The van der Waals surface area contributed by atoms with Crippen LogP contribution in [0.5, 0.6) is 0 Å². The monoisotopic (exact) mass is 326 g/mol. The normalized spacial score (nSPS) is 11.5. The second kappa shape index (κ2) is 4.18. The summed E-state index contributed by atoms with van der Waals surface area (Å²) in [7, 11) is 1.95. The molecule has 2 aromatic heterocycles. The molecule has 5 heteroatoms. The van der Waals surface area contributed by atoms with Crippen LogP contribution >= 0.6 is 15.9 Å². The van der Waals surface area contributed by atoms with Crippen LogP contribution in [-0.4, -0.2) is 19.7 Å². The number of imidazole rings is 1. The molecule has 20 heavy (non-hydrogen) atoms. The summed E-state index contributed by atoms with van der Waals surface area (Å²) < 4.78 is 2.92. The molecule has 98 valence electrons. The fraction of sp³-hybridized carbons (Fsp3) is 0.0667. The smallest absolute Gasteiger partial charge is 0.159 e. The predicted octanol–water partition coefficient (Wildman–Crippen LogP) is 3.88. The van der Waals surface area contributed by atoms with Crippen LogP contribution in [0.2, 0.25) is 0 Å². The highest BCUT2D eigenvalue weighted by molar-refractivity contribution is 9.10. The van der Waals surface area contributed by atoms with E-state index in [0.29, 0.717) is 0 Å². The van der Waals surface area contributed by atoms with Crippen molar-refractivity contribution in [2.45, 2.75) is 0 Å². The number of benzene rings is 2. The second-order valence-electron chi connectivity index (χ2n) is 4.74. The Morgan fingerprint density at radius 3 is 2.90 bits per heavy atom. The van der Waals surface area contributed by atoms with Gasteiger partial charge in [0.05, 0.1) is 16.6 Å². The van der Waals surface area contributed by atoms with Crippen LogP contribution in [0.4, 0.5) is 0 Å². The maximum atomic E-state index is 4.64. The zero-order valence-electron chi connectivity index (χ0n) is 10.8. The summed E-state index contributed by atoms with van der Waals surface area (Å²) in [6.07, 6.45) is 0. The van der Waals surface area contributed by atoms with E-state index in [-0.39, 0.29) is 0 Å². The van der Waals surface area contributed by atoms with Gasteiger partial charge in [0.2, 0.25) is 0 Å². The number of aromatic nitrogens is 4. The maximum absolute atomic E-state index is 4.64. The summed E-state index contributed by atoms with van der Waals surface area (Å²) in [6, 6.07) is 14.2. The number of hydrogen-bond acceptors (Lipinski definition) is 2. The number of nitrogens with one attached hydrogen (secondary N) is 1. The van der Waals surface area contributed by atoms with E-state index >= 15 is 0 Å². The van der Waals surface area contributed by atoms with Gasteiger partial charge in [0, 0.05) is 16.9 Å². The zero-order chi connectivity index (χ0) is 13.7. The topological polar surface area (TPSA) is 46.5 Å². The fourth-order valence-corrected chi connectivity index (χ4v) is 2.84. The van der Waals surface area contributed by atoms with Gasteiger partial charge in [-0.2, -0.15) is 5.10 Å². The van der Waals surface area contributed by atoms with Gasteiger partial charge in [-0.15, -0.1) is 0 Å². The summed E-state index contributed by atoms with van der Waals surface area (Å²) in [5.41, 5.74) is 3.93. The van der Waals surface area contributed by atoms with Gasteiger partial charge in [-0.05, 0) is 24.3 Å². The largest absolute Gasteiger partial charge is 0.337 e. The summed E-state index contributed by atoms with van der Waals surface area (Å²) in [4.78, 5) is 7.98. The van der Waals surface area contributed by atoms with Crippen molar-refractivity contribution in [2.75, 3.05) is 0 Å². The molecule has 4 nitrogen and oxygen atoms in total. The van der Waals surface area contributed by atoms with E-state index in [1.165, 1.54) is 0 Å². The molecule has 0 unspecified atom stereocenters. The van der Waals surface area contributed by atoms with E-state index in [4.69, 9.17) is 0 Å². The lowest BCUT2D eigenvalue weighted by molar-refractivity contribution is 0.798. The Labute approximate surface area is 123 Å². The number of halogens is 1. The Morgan fingerprint density at radius 1 is 1.15 bits per heavy atom. The van der Waals surface area contributed by atoms with Crippen molar-refractivity contribution in [3.63, 3.8) is 0 Å². The molecule has 0 saturated heterocycles. The van der Waals surface area contributed by atoms with Gasteiger partial charge in [0.25, 0.3) is 0 Å². The van der Waals surface area contributed by atoms with E-state index in [0.717, 1.165) is 37.9 Å². The first kappa shape index (κ1) is 11.7. The Morgan fingerprint density at radius 2 is 2.00 bits per heavy atom. The minimum atomic E-state index is 0.801. The van der Waals surface area contributed by atoms with Gasteiger partial charge >= 0.3 is 0 Å². The van der Waals surface area contributed by atoms with Crippen molar-refractivity contribution in [1.82, 2.24) is 19.7 Å². The lowest BCUT2D eigenvalue weighted by Gasteiger charge is -1.91. The van der Waals surface area contributed by atoms with Crippen LogP contribution in [0.25, 0.3) is 33.5 Å². The summed E-state index contributed by atoms with van der Waals surface area (Å²) in [5.74, 6) is 0.801. The molecule has 0 spiro atoms. The van der Waals surface area contributed by atoms with Gasteiger partial charge in [-0.3, -0.25) is 4.68 Å². The highest BCUT2D eigenvalue weighted by Gasteiger charge is 2.13. The molecule has 0 aliphatic rings. The zero-order valence-corrected chi connectivity index (χ0v) is 12.3. The molecule has 0 amide bonds. The van der Waals surface area contributed by atoms with Gasteiger partial charge in [-0.1, -0.05) is 34.1 Å². The third-order valence-electron chi connectivity index (χ3n) is 3.43. The third-order valence-corrected chi connectivity index (χ3v) is 3.92. The lowest BCUT2D eigenvalue weighted by atomic mass is 10.2. The van der Waals surface area contributed by atoms with E-state index in [1.54, 1.807) is 0 Å². The first-order chi connectivity index (χ1) is 9.72. The number of hydrogen-bond donors (Lipinski definition) is 1. The number of rotatable bonds is 1. The minimum Gasteiger partial charge on any atom is -0.337 e. The van der Waals surface area contributed by atoms with Crippen LogP contribution < -0.4 is 0 Å². The molecule has 1 N–H and O–H groups in total. The number of fused-ring (bicyclic) bond motifs is 2. The van der Waals surface area contributed by atoms with E-state index in [1.807, 2.05) is 42.1 Å². The van der Waals surface area contributed by atoms with Crippen LogP contribution in [0.3, 0.4) is 0 Å². The number of aromatic amines is 1. The average Bonchev–Trinajstić information content (AvgIpc) is 3.00. The molecule has 0 aliphatic carbocycles. The second-order valence-corrected chi connectivity index (χ2v) is 5.65. The van der Waals surface area contributed by atoms with E-state index in [9.17, 15) is 0 Å². The van der Waals surface area contributed by atoms with Gasteiger partial charge < -0.3 is 4.98 Å². The standard InChI is InChI=1S/C15H11BrN4/c1-20-13-5-3-2-4-10(13)14(19-20)15-17-11-7-6-9(16)8-12(11)18-15/h2-8H,1H3,(H,17,18). The highest BCUT2D eigenvalue weighted by atomic mass is 79.9. The molecule has 0 bridgehead atoms. The van der Waals surface area contributed by atoms with Gasteiger partial charge in [-0.25, -0.2) is 4.98 Å². The van der Waals surface area contributed by atoms with Crippen molar-refractivity contribution in [2.24, 2.45) is 7.05 Å². The Kier molecular flexibility index (Phi) is 2.44. The molecule has 2 heterocycles. The molecular formula is C15H11BrN4. The van der Waals surface area contributed by atoms with Crippen LogP contribution in [0, 0.1) is 0 Å². The van der Waals surface area contributed by atoms with Crippen molar-refractivity contribution >= 4 is 37.9 Å². The quantitative estimate of drug-likeness (QED) is 0.577. The first-order valence-electron chi connectivity index (χ1n) is 6.30. The first-order valence-corrected chi connectivity index (χ1v) is 7.09. The van der Waals surface area contributed by atoms with Gasteiger partial charge in [0.1, 0.15) is 5.69 Å². The Bertz CT molecular complexity index is 936. The number of para-hydroxylation sites is 1. The molecule has 4 rings (SSSR count). The van der Waals surface area contributed by atoms with Crippen LogP contribution in [-0.2, 0) is 7.05 Å². The minimum absolute atomic E-state index is 0.801. The number of aryl methyl sites for hydroxylation is 1. The molecule has 0 aliphatic heterocycles. The Balaban J connectivity index is 2.01. The SMILES string of the molecule is Cn1nc(-c2nc3ccc(Br)cc3[nH]2)c2ccccc21. The van der Waals surface area contributed by atoms with E-state index in [2.05, 4.69) is 43.1 Å². The van der Waals surface area contributed by atoms with Crippen molar-refractivity contribution in [3.8, 4) is 11.5 Å². The van der Waals surface area contributed by atoms with E-state index < -0.39 is 0 Å². The van der Waals surface area contributed by atoms with Crippen molar-refractivity contribution in [3.05, 3.63) is 46.9 Å². The molecule has 2 aromatic carbocycles. The highest BCUT2D eigenvalue weighted by Crippen LogP contribution is 2.27. The summed E-state index contributed by atoms with van der Waals surface area (Å²) in [5, 5.41) is 5.69. The average molecular weight is 327 g/mol. The Hall–Kier alpha value is -2.14. The molecule has 0 fully saturated rings. The molecular weight excluding hydrogens is 316 g/mol. The molecule has 0 radical (unpaired) electrons. The fourth-order valence-electron chi connectivity index (χ4n) is 2.48. The van der Waals surface area contributed by atoms with Crippen LogP contribution in [0.15, 0.2) is 46.9 Å². The summed E-state index contributed by atoms with van der Waals surface area (Å²) >= 11 is 3.47. The molecule has 0 saturated carbocycles. The predicted molar refractivity (Wildman–Crippen MR) is 83.5 cm³/mol. The van der Waals surface area contributed by atoms with Crippen LogP contribution in [0.1, 0.15) is 0 Å².